The quantitative estimate of drug-likeness (QED) is 0.688. The van der Waals surface area contributed by atoms with E-state index in [0.29, 0.717) is 34.5 Å². The van der Waals surface area contributed by atoms with Crippen LogP contribution in [0.5, 0.6) is 11.5 Å². The van der Waals surface area contributed by atoms with E-state index in [0.717, 1.165) is 5.56 Å². The number of benzene rings is 1. The first-order chi connectivity index (χ1) is 14.1. The summed E-state index contributed by atoms with van der Waals surface area (Å²) < 4.78 is 12.4. The minimum Gasteiger partial charge on any atom is -0.493 e. The number of ether oxygens (including phenoxy) is 2. The fourth-order valence-electron chi connectivity index (χ4n) is 3.34. The van der Waals surface area contributed by atoms with Crippen molar-refractivity contribution in [2.45, 2.75) is 13.0 Å². The first-order valence-electron chi connectivity index (χ1n) is 8.94. The minimum atomic E-state index is -0.503. The highest BCUT2D eigenvalue weighted by Gasteiger charge is 2.34. The molecule has 0 spiro atoms. The molecule has 1 unspecified atom stereocenters. The van der Waals surface area contributed by atoms with Crippen molar-refractivity contribution in [3.05, 3.63) is 65.8 Å². The summed E-state index contributed by atoms with van der Waals surface area (Å²) in [6.07, 6.45) is 3.07. The molecule has 0 radical (unpaired) electrons. The van der Waals surface area contributed by atoms with Gasteiger partial charge in [0.2, 0.25) is 5.95 Å². The van der Waals surface area contributed by atoms with Gasteiger partial charge >= 0.3 is 0 Å². The number of hydrogen-bond donors (Lipinski definition) is 2. The van der Waals surface area contributed by atoms with Gasteiger partial charge in [-0.2, -0.15) is 10.1 Å². The Kier molecular flexibility index (Phi) is 4.86. The van der Waals surface area contributed by atoms with Crippen LogP contribution in [0.1, 0.15) is 18.5 Å². The lowest BCUT2D eigenvalue weighted by Crippen LogP contribution is -2.31. The van der Waals surface area contributed by atoms with E-state index in [1.807, 2.05) is 25.1 Å². The molecule has 9 nitrogen and oxygen atoms in total. The fourth-order valence-corrected chi connectivity index (χ4v) is 3.34. The number of pyridine rings is 1. The predicted octanol–water partition coefficient (Wildman–Crippen LogP) is 2.62. The molecule has 1 amide bonds. The number of allylic oxidation sites excluding steroid dienone is 1. The number of hydrogen-bond acceptors (Lipinski definition) is 7. The first-order valence-corrected chi connectivity index (χ1v) is 8.94. The number of rotatable bonds is 5. The Bertz CT molecular complexity index is 1080. The average Bonchev–Trinajstić information content (AvgIpc) is 3.20. The van der Waals surface area contributed by atoms with Crippen molar-refractivity contribution in [1.29, 1.82) is 0 Å². The van der Waals surface area contributed by atoms with Crippen LogP contribution < -0.4 is 20.1 Å². The van der Waals surface area contributed by atoms with Crippen LogP contribution in [-0.2, 0) is 4.79 Å². The van der Waals surface area contributed by atoms with Crippen molar-refractivity contribution < 1.29 is 14.3 Å². The van der Waals surface area contributed by atoms with Crippen molar-refractivity contribution in [1.82, 2.24) is 19.7 Å². The van der Waals surface area contributed by atoms with E-state index in [1.54, 1.807) is 43.3 Å². The second-order valence-corrected chi connectivity index (χ2v) is 6.38. The molecule has 0 aliphatic carbocycles. The number of amides is 1. The maximum atomic E-state index is 13.2. The zero-order valence-corrected chi connectivity index (χ0v) is 16.2. The summed E-state index contributed by atoms with van der Waals surface area (Å²) in [7, 11) is 3.15. The topological polar surface area (TPSA) is 103 Å². The highest BCUT2D eigenvalue weighted by Crippen LogP contribution is 2.38. The van der Waals surface area contributed by atoms with Gasteiger partial charge in [0.1, 0.15) is 18.2 Å². The number of anilines is 2. The summed E-state index contributed by atoms with van der Waals surface area (Å²) in [6, 6.07) is 10.3. The van der Waals surface area contributed by atoms with Crippen molar-refractivity contribution in [3.8, 4) is 11.5 Å². The van der Waals surface area contributed by atoms with Crippen LogP contribution in [0.2, 0.25) is 0 Å². The third-order valence-corrected chi connectivity index (χ3v) is 4.67. The molecule has 0 bridgehead atoms. The highest BCUT2D eigenvalue weighted by molar-refractivity contribution is 6.05. The smallest absolute Gasteiger partial charge is 0.257 e. The van der Waals surface area contributed by atoms with E-state index in [2.05, 4.69) is 25.7 Å². The van der Waals surface area contributed by atoms with Gasteiger partial charge in [0.05, 0.1) is 19.8 Å². The van der Waals surface area contributed by atoms with Gasteiger partial charge in [-0.3, -0.25) is 4.79 Å². The van der Waals surface area contributed by atoms with Gasteiger partial charge in [0.25, 0.3) is 5.91 Å². The molecule has 3 aromatic rings. The fraction of sp³-hybridized carbons (Fsp3) is 0.200. The number of carbonyl (C=O) groups is 1. The molecule has 1 aliphatic heterocycles. The molecule has 0 fully saturated rings. The van der Waals surface area contributed by atoms with E-state index in [-0.39, 0.29) is 5.91 Å². The summed E-state index contributed by atoms with van der Waals surface area (Å²) in [6.45, 7) is 1.83. The van der Waals surface area contributed by atoms with E-state index < -0.39 is 6.04 Å². The summed E-state index contributed by atoms with van der Waals surface area (Å²) >= 11 is 0. The molecule has 0 saturated heterocycles. The predicted molar refractivity (Wildman–Crippen MR) is 107 cm³/mol. The molecule has 2 aromatic heterocycles. The van der Waals surface area contributed by atoms with Crippen molar-refractivity contribution in [3.63, 3.8) is 0 Å². The number of fused-ring (bicyclic) bond motifs is 1. The SMILES string of the molecule is COc1ccc(C2C(C(=O)Nc3ccccn3)=C(C)Nc3ncnn32)cc1OC. The van der Waals surface area contributed by atoms with Crippen LogP contribution in [0.4, 0.5) is 11.8 Å². The van der Waals surface area contributed by atoms with E-state index in [9.17, 15) is 4.79 Å². The van der Waals surface area contributed by atoms with E-state index >= 15 is 0 Å². The second-order valence-electron chi connectivity index (χ2n) is 6.38. The van der Waals surface area contributed by atoms with Crippen molar-refractivity contribution in [2.75, 3.05) is 24.9 Å². The first kappa shape index (κ1) is 18.5. The van der Waals surface area contributed by atoms with Gasteiger partial charge < -0.3 is 20.1 Å². The molecule has 2 N–H and O–H groups in total. The maximum absolute atomic E-state index is 13.2. The summed E-state index contributed by atoms with van der Waals surface area (Å²) in [5.74, 6) is 1.90. The molecule has 1 aromatic carbocycles. The second kappa shape index (κ2) is 7.63. The largest absolute Gasteiger partial charge is 0.493 e. The highest BCUT2D eigenvalue weighted by atomic mass is 16.5. The Balaban J connectivity index is 1.79. The normalized spacial score (nSPS) is 15.3. The molecule has 9 heteroatoms. The monoisotopic (exact) mass is 392 g/mol. The molecule has 1 atom stereocenters. The summed E-state index contributed by atoms with van der Waals surface area (Å²) in [5, 5.41) is 10.3. The number of aromatic nitrogens is 4. The molecule has 3 heterocycles. The third-order valence-electron chi connectivity index (χ3n) is 4.67. The Morgan fingerprint density at radius 3 is 2.69 bits per heavy atom. The number of methoxy groups -OCH3 is 2. The Morgan fingerprint density at radius 2 is 1.97 bits per heavy atom. The molecule has 1 aliphatic rings. The lowest BCUT2D eigenvalue weighted by atomic mass is 9.94. The van der Waals surface area contributed by atoms with Crippen LogP contribution in [0.3, 0.4) is 0 Å². The molecule has 29 heavy (non-hydrogen) atoms. The standard InChI is InChI=1S/C20H20N6O3/c1-12-17(19(27)25-16-6-4-5-9-21-16)18(26-20(24-12)22-11-23-26)13-7-8-14(28-2)15(10-13)29-3/h4-11,18H,1-3H3,(H,21,25,27)(H,22,23,24). The van der Waals surface area contributed by atoms with Crippen molar-refractivity contribution in [2.24, 2.45) is 0 Å². The average molecular weight is 392 g/mol. The number of nitrogens with zero attached hydrogens (tertiary/aromatic N) is 4. The lowest BCUT2D eigenvalue weighted by Gasteiger charge is -2.29. The summed E-state index contributed by atoms with van der Waals surface area (Å²) in [4.78, 5) is 21.6. The molecule has 0 saturated carbocycles. The zero-order chi connectivity index (χ0) is 20.4. The Labute approximate surface area is 167 Å². The number of carbonyl (C=O) groups excluding carboxylic acids is 1. The minimum absolute atomic E-state index is 0.283. The van der Waals surface area contributed by atoms with Crippen molar-refractivity contribution >= 4 is 17.7 Å². The molecule has 4 rings (SSSR count). The third kappa shape index (κ3) is 3.38. The van der Waals surface area contributed by atoms with Gasteiger partial charge in [-0.15, -0.1) is 0 Å². The van der Waals surface area contributed by atoms with Crippen LogP contribution in [0.25, 0.3) is 0 Å². The number of nitrogens with one attached hydrogen (secondary N) is 2. The van der Waals surface area contributed by atoms with Gasteiger partial charge in [-0.1, -0.05) is 12.1 Å². The van der Waals surface area contributed by atoms with Gasteiger partial charge in [0.15, 0.2) is 11.5 Å². The van der Waals surface area contributed by atoms with Gasteiger partial charge in [-0.05, 0) is 36.8 Å². The Hall–Kier alpha value is -3.88. The summed E-state index contributed by atoms with van der Waals surface area (Å²) in [5.41, 5.74) is 1.99. The molecular weight excluding hydrogens is 372 g/mol. The van der Waals surface area contributed by atoms with Gasteiger partial charge in [-0.25, -0.2) is 9.67 Å². The molecule has 148 valence electrons. The van der Waals surface area contributed by atoms with Crippen LogP contribution in [0.15, 0.2) is 60.2 Å². The zero-order valence-electron chi connectivity index (χ0n) is 16.2. The lowest BCUT2D eigenvalue weighted by molar-refractivity contribution is -0.113. The Morgan fingerprint density at radius 1 is 1.14 bits per heavy atom. The van der Waals surface area contributed by atoms with Gasteiger partial charge in [0, 0.05) is 11.9 Å². The van der Waals surface area contributed by atoms with Crippen LogP contribution >= 0.6 is 0 Å². The van der Waals surface area contributed by atoms with E-state index in [4.69, 9.17) is 9.47 Å². The van der Waals surface area contributed by atoms with Crippen LogP contribution in [-0.4, -0.2) is 39.9 Å². The van der Waals surface area contributed by atoms with E-state index in [1.165, 1.54) is 6.33 Å². The molecular formula is C20H20N6O3. The maximum Gasteiger partial charge on any atom is 0.257 e. The van der Waals surface area contributed by atoms with Crippen LogP contribution in [0, 0.1) is 0 Å².